The van der Waals surface area contributed by atoms with E-state index in [-0.39, 0.29) is 0 Å². The fourth-order valence-electron chi connectivity index (χ4n) is 6.59. The summed E-state index contributed by atoms with van der Waals surface area (Å²) in [6.45, 7) is 0. The minimum atomic E-state index is 0.797. The second kappa shape index (κ2) is 8.08. The largest absolute Gasteiger partial charge is 0.460 e. The van der Waals surface area contributed by atoms with E-state index in [4.69, 9.17) is 8.83 Å². The van der Waals surface area contributed by atoms with Crippen LogP contribution >= 0.6 is 0 Å². The van der Waals surface area contributed by atoms with Crippen molar-refractivity contribution in [1.82, 2.24) is 0 Å². The fraction of sp³-hybridized carbons (Fsp3) is 0. The average Bonchev–Trinajstić information content (AvgIpc) is 3.64. The van der Waals surface area contributed by atoms with Gasteiger partial charge in [-0.3, -0.25) is 0 Å². The maximum atomic E-state index is 6.31. The molecule has 0 bridgehead atoms. The Kier molecular flexibility index (Phi) is 4.36. The van der Waals surface area contributed by atoms with Crippen molar-refractivity contribution in [2.24, 2.45) is 0 Å². The lowest BCUT2D eigenvalue weighted by Crippen LogP contribution is -1.91. The first kappa shape index (κ1) is 21.6. The topological polar surface area (TPSA) is 26.3 Å². The van der Waals surface area contributed by atoms with Gasteiger partial charge in [0.1, 0.15) is 5.58 Å². The molecule has 0 aliphatic rings. The molecule has 2 heterocycles. The second-order valence-corrected chi connectivity index (χ2v) is 10.5. The van der Waals surface area contributed by atoms with Crippen LogP contribution in [-0.4, -0.2) is 0 Å². The van der Waals surface area contributed by atoms with Crippen LogP contribution in [0.1, 0.15) is 0 Å². The van der Waals surface area contributed by atoms with E-state index in [2.05, 4.69) is 121 Å². The Morgan fingerprint density at radius 2 is 1.07 bits per heavy atom. The van der Waals surface area contributed by atoms with Gasteiger partial charge in [-0.2, -0.15) is 0 Å². The zero-order chi connectivity index (χ0) is 26.2. The van der Waals surface area contributed by atoms with E-state index in [0.29, 0.717) is 0 Å². The van der Waals surface area contributed by atoms with Gasteiger partial charge in [0.15, 0.2) is 11.2 Å². The molecule has 9 aromatic rings. The third-order valence-electron chi connectivity index (χ3n) is 8.34. The molecule has 40 heavy (non-hydrogen) atoms. The molecule has 0 N–H and O–H groups in total. The van der Waals surface area contributed by atoms with Crippen LogP contribution in [0.15, 0.2) is 142 Å². The van der Waals surface area contributed by atoms with Crippen LogP contribution in [-0.2, 0) is 0 Å². The molecule has 0 aliphatic heterocycles. The zero-order valence-corrected chi connectivity index (χ0v) is 21.5. The van der Waals surface area contributed by atoms with Crippen LogP contribution in [0.3, 0.4) is 0 Å². The van der Waals surface area contributed by atoms with Crippen molar-refractivity contribution in [3.05, 3.63) is 134 Å². The van der Waals surface area contributed by atoms with Crippen LogP contribution in [0.2, 0.25) is 0 Å². The molecular weight excluding hydrogens is 488 g/mol. The molecule has 0 saturated heterocycles. The summed E-state index contributed by atoms with van der Waals surface area (Å²) in [5, 5.41) is 10.7. The van der Waals surface area contributed by atoms with Crippen molar-refractivity contribution >= 4 is 65.2 Å². The molecule has 7 aromatic carbocycles. The molecular formula is C38H22O2. The van der Waals surface area contributed by atoms with E-state index >= 15 is 0 Å². The lowest BCUT2D eigenvalue weighted by molar-refractivity contribution is 0.600. The van der Waals surface area contributed by atoms with Crippen LogP contribution in [0.5, 0.6) is 0 Å². The van der Waals surface area contributed by atoms with Gasteiger partial charge >= 0.3 is 0 Å². The summed E-state index contributed by atoms with van der Waals surface area (Å²) in [5.74, 6) is 0. The van der Waals surface area contributed by atoms with Crippen LogP contribution in [0, 0.1) is 0 Å². The molecule has 0 radical (unpaired) electrons. The summed E-state index contributed by atoms with van der Waals surface area (Å²) in [4.78, 5) is 0. The molecule has 0 atom stereocenters. The summed E-state index contributed by atoms with van der Waals surface area (Å²) in [7, 11) is 0. The number of rotatable bonds is 2. The molecule has 2 aromatic heterocycles. The Morgan fingerprint density at radius 1 is 0.400 bits per heavy atom. The SMILES string of the molecule is c1ccc2c(-c3c4ccccc4c(-c4ccc5oc6c(ccc7ccoc76)c5c4)c4ccccc34)cccc2c1. The minimum Gasteiger partial charge on any atom is -0.460 e. The predicted molar refractivity (Wildman–Crippen MR) is 167 cm³/mol. The highest BCUT2D eigenvalue weighted by molar-refractivity contribution is 6.24. The zero-order valence-electron chi connectivity index (χ0n) is 21.5. The van der Waals surface area contributed by atoms with Gasteiger partial charge < -0.3 is 8.83 Å². The normalized spacial score (nSPS) is 12.0. The van der Waals surface area contributed by atoms with Gasteiger partial charge in [0.25, 0.3) is 0 Å². The third-order valence-corrected chi connectivity index (χ3v) is 8.34. The molecule has 0 aliphatic carbocycles. The van der Waals surface area contributed by atoms with Crippen molar-refractivity contribution < 1.29 is 8.83 Å². The third kappa shape index (κ3) is 2.93. The van der Waals surface area contributed by atoms with E-state index in [1.807, 2.05) is 6.07 Å². The van der Waals surface area contributed by atoms with Crippen LogP contribution in [0.25, 0.3) is 87.5 Å². The highest BCUT2D eigenvalue weighted by atomic mass is 16.4. The monoisotopic (exact) mass is 510 g/mol. The maximum Gasteiger partial charge on any atom is 0.178 e. The average molecular weight is 511 g/mol. The standard InChI is InChI=1S/C38H22O2/c1-2-10-26-23(8-1)9-7-15-27(26)36-30-13-5-3-11-28(30)35(29-12-4-6-14-31(29)36)25-17-19-34-33(22-25)32-18-16-24-20-21-39-37(24)38(32)40-34/h1-22H. The number of benzene rings is 7. The lowest BCUT2D eigenvalue weighted by atomic mass is 9.84. The van der Waals surface area contributed by atoms with Gasteiger partial charge in [0, 0.05) is 16.2 Å². The van der Waals surface area contributed by atoms with Crippen molar-refractivity contribution in [3.8, 4) is 22.3 Å². The molecule has 0 saturated carbocycles. The van der Waals surface area contributed by atoms with Crippen LogP contribution in [0.4, 0.5) is 0 Å². The molecule has 2 heteroatoms. The smallest absolute Gasteiger partial charge is 0.178 e. The van der Waals surface area contributed by atoms with Crippen molar-refractivity contribution in [2.75, 3.05) is 0 Å². The molecule has 0 amide bonds. The first-order valence-electron chi connectivity index (χ1n) is 13.6. The molecule has 0 fully saturated rings. The first-order valence-corrected chi connectivity index (χ1v) is 13.6. The number of furan rings is 2. The van der Waals surface area contributed by atoms with Gasteiger partial charge in [-0.1, -0.05) is 103 Å². The fourth-order valence-corrected chi connectivity index (χ4v) is 6.59. The number of hydrogen-bond acceptors (Lipinski definition) is 2. The van der Waals surface area contributed by atoms with Crippen molar-refractivity contribution in [3.63, 3.8) is 0 Å². The summed E-state index contributed by atoms with van der Waals surface area (Å²) < 4.78 is 12.1. The van der Waals surface area contributed by atoms with Gasteiger partial charge in [-0.05, 0) is 78.8 Å². The number of hydrogen-bond donors (Lipinski definition) is 0. The first-order chi connectivity index (χ1) is 19.8. The van der Waals surface area contributed by atoms with Gasteiger partial charge in [-0.25, -0.2) is 0 Å². The Hall–Kier alpha value is -5.34. The van der Waals surface area contributed by atoms with Gasteiger partial charge in [0.2, 0.25) is 0 Å². The van der Waals surface area contributed by atoms with Gasteiger partial charge in [-0.15, -0.1) is 0 Å². The van der Waals surface area contributed by atoms with E-state index in [0.717, 1.165) is 32.9 Å². The van der Waals surface area contributed by atoms with Crippen LogP contribution < -0.4 is 0 Å². The Bertz CT molecular complexity index is 2370. The minimum absolute atomic E-state index is 0.797. The Morgan fingerprint density at radius 3 is 1.85 bits per heavy atom. The maximum absolute atomic E-state index is 6.31. The highest BCUT2D eigenvalue weighted by Gasteiger charge is 2.19. The molecule has 0 spiro atoms. The number of fused-ring (bicyclic) bond motifs is 8. The predicted octanol–water partition coefficient (Wildman–Crippen LogP) is 11.1. The summed E-state index contributed by atoms with van der Waals surface area (Å²) in [6, 6.07) is 45.7. The molecule has 186 valence electrons. The summed E-state index contributed by atoms with van der Waals surface area (Å²) >= 11 is 0. The lowest BCUT2D eigenvalue weighted by Gasteiger charge is -2.18. The molecule has 9 rings (SSSR count). The van der Waals surface area contributed by atoms with Gasteiger partial charge in [0.05, 0.1) is 6.26 Å². The van der Waals surface area contributed by atoms with E-state index in [1.54, 1.807) is 6.26 Å². The second-order valence-electron chi connectivity index (χ2n) is 10.5. The summed E-state index contributed by atoms with van der Waals surface area (Å²) in [5.41, 5.74) is 7.42. The van der Waals surface area contributed by atoms with E-state index in [9.17, 15) is 0 Å². The summed E-state index contributed by atoms with van der Waals surface area (Å²) in [6.07, 6.45) is 1.72. The molecule has 2 nitrogen and oxygen atoms in total. The molecule has 0 unspecified atom stereocenters. The Balaban J connectivity index is 1.40. The van der Waals surface area contributed by atoms with E-state index < -0.39 is 0 Å². The quantitative estimate of drug-likeness (QED) is 0.216. The van der Waals surface area contributed by atoms with Crippen molar-refractivity contribution in [2.45, 2.75) is 0 Å². The Labute approximate surface area is 229 Å². The van der Waals surface area contributed by atoms with Crippen molar-refractivity contribution in [1.29, 1.82) is 0 Å². The van der Waals surface area contributed by atoms with E-state index in [1.165, 1.54) is 54.6 Å². The highest BCUT2D eigenvalue weighted by Crippen LogP contribution is 2.46.